The third-order valence-electron chi connectivity index (χ3n) is 4.40. The molecule has 0 spiro atoms. The van der Waals surface area contributed by atoms with E-state index >= 15 is 0 Å². The summed E-state index contributed by atoms with van der Waals surface area (Å²) in [5.41, 5.74) is 0.997. The molecule has 2 heterocycles. The maximum atomic E-state index is 13.0. The number of thiazole rings is 1. The van der Waals surface area contributed by atoms with Crippen molar-refractivity contribution in [1.29, 1.82) is 0 Å². The van der Waals surface area contributed by atoms with Crippen molar-refractivity contribution in [2.45, 2.75) is 32.6 Å². The van der Waals surface area contributed by atoms with Crippen LogP contribution in [-0.4, -0.2) is 30.5 Å². The van der Waals surface area contributed by atoms with Gasteiger partial charge in [0.25, 0.3) is 5.91 Å². The van der Waals surface area contributed by atoms with Crippen LogP contribution in [0.2, 0.25) is 0 Å². The minimum absolute atomic E-state index is 0.0374. The molecule has 0 bridgehead atoms. The number of nitrogens with zero attached hydrogens (tertiary/aromatic N) is 2. The summed E-state index contributed by atoms with van der Waals surface area (Å²) in [4.78, 5) is 19.6. The summed E-state index contributed by atoms with van der Waals surface area (Å²) in [6.45, 7) is 8.74. The number of carbonyl (C=O) groups is 1. The van der Waals surface area contributed by atoms with Gasteiger partial charge in [-0.15, -0.1) is 11.3 Å². The van der Waals surface area contributed by atoms with E-state index in [1.165, 1.54) is 23.5 Å². The molecule has 6 heteroatoms. The lowest BCUT2D eigenvalue weighted by molar-refractivity contribution is 0.0952. The van der Waals surface area contributed by atoms with Crippen molar-refractivity contribution >= 4 is 22.9 Å². The second-order valence-electron chi connectivity index (χ2n) is 7.57. The number of rotatable bonds is 4. The Morgan fingerprint density at radius 3 is 2.72 bits per heavy atom. The fourth-order valence-corrected chi connectivity index (χ4v) is 3.83. The van der Waals surface area contributed by atoms with Gasteiger partial charge in [0.15, 0.2) is 0 Å². The van der Waals surface area contributed by atoms with Gasteiger partial charge in [0.2, 0.25) is 0 Å². The minimum atomic E-state index is -0.217. The minimum Gasteiger partial charge on any atom is -0.371 e. The fourth-order valence-electron chi connectivity index (χ4n) is 2.94. The zero-order valence-corrected chi connectivity index (χ0v) is 15.7. The van der Waals surface area contributed by atoms with Gasteiger partial charge in [0.05, 0.1) is 11.2 Å². The molecule has 1 aliphatic heterocycles. The molecule has 2 aromatic rings. The van der Waals surface area contributed by atoms with Gasteiger partial charge in [-0.1, -0.05) is 20.8 Å². The van der Waals surface area contributed by atoms with Crippen LogP contribution in [0.4, 0.5) is 10.1 Å². The van der Waals surface area contributed by atoms with Gasteiger partial charge in [-0.25, -0.2) is 9.37 Å². The Kier molecular flexibility index (Phi) is 5.08. The summed E-state index contributed by atoms with van der Waals surface area (Å²) >= 11 is 1.46. The molecule has 1 amide bonds. The molecule has 1 N–H and O–H groups in total. The van der Waals surface area contributed by atoms with E-state index in [-0.39, 0.29) is 17.1 Å². The van der Waals surface area contributed by atoms with Crippen molar-refractivity contribution in [2.75, 3.05) is 24.5 Å². The third kappa shape index (κ3) is 4.37. The Morgan fingerprint density at radius 2 is 2.08 bits per heavy atom. The van der Waals surface area contributed by atoms with Crippen molar-refractivity contribution in [2.24, 2.45) is 5.92 Å². The van der Waals surface area contributed by atoms with Crippen LogP contribution in [0.3, 0.4) is 0 Å². The summed E-state index contributed by atoms with van der Waals surface area (Å²) in [6.07, 6.45) is 2.69. The summed E-state index contributed by atoms with van der Waals surface area (Å²) in [7, 11) is 0. The molecule has 0 radical (unpaired) electrons. The Morgan fingerprint density at radius 1 is 1.36 bits per heavy atom. The molecule has 1 aromatic carbocycles. The van der Waals surface area contributed by atoms with Gasteiger partial charge in [-0.05, 0) is 36.6 Å². The number of carbonyl (C=O) groups excluding carboxylic acids is 1. The van der Waals surface area contributed by atoms with Crippen LogP contribution in [-0.2, 0) is 5.41 Å². The van der Waals surface area contributed by atoms with E-state index in [9.17, 15) is 9.18 Å². The van der Waals surface area contributed by atoms with Crippen LogP contribution in [0.25, 0.3) is 0 Å². The number of benzene rings is 1. The second-order valence-corrected chi connectivity index (χ2v) is 8.60. The van der Waals surface area contributed by atoms with E-state index in [0.29, 0.717) is 17.3 Å². The summed E-state index contributed by atoms with van der Waals surface area (Å²) in [5.74, 6) is 0.142. The largest absolute Gasteiger partial charge is 0.371 e. The normalized spacial score (nSPS) is 17.8. The van der Waals surface area contributed by atoms with E-state index in [2.05, 4.69) is 36.0 Å². The highest BCUT2D eigenvalue weighted by Gasteiger charge is 2.24. The fraction of sp³-hybridized carbons (Fsp3) is 0.474. The molecular weight excluding hydrogens is 337 g/mol. The number of aromatic nitrogens is 1. The SMILES string of the molecule is CC(C)(C)c1ncc(C(=O)NCC2CCN(c3ccc(F)cc3)C2)s1. The highest BCUT2D eigenvalue weighted by Crippen LogP contribution is 2.27. The Labute approximate surface area is 152 Å². The lowest BCUT2D eigenvalue weighted by Crippen LogP contribution is -2.30. The van der Waals surface area contributed by atoms with Crippen molar-refractivity contribution in [3.05, 3.63) is 46.2 Å². The lowest BCUT2D eigenvalue weighted by Gasteiger charge is -2.18. The molecule has 1 saturated heterocycles. The van der Waals surface area contributed by atoms with Crippen molar-refractivity contribution in [3.63, 3.8) is 0 Å². The van der Waals surface area contributed by atoms with E-state index in [1.54, 1.807) is 6.20 Å². The highest BCUT2D eigenvalue weighted by molar-refractivity contribution is 7.13. The molecule has 25 heavy (non-hydrogen) atoms. The van der Waals surface area contributed by atoms with Crippen molar-refractivity contribution in [3.8, 4) is 0 Å². The number of halogens is 1. The maximum Gasteiger partial charge on any atom is 0.263 e. The molecule has 1 aromatic heterocycles. The van der Waals surface area contributed by atoms with Crippen molar-refractivity contribution in [1.82, 2.24) is 10.3 Å². The van der Waals surface area contributed by atoms with Gasteiger partial charge in [0, 0.05) is 30.7 Å². The number of hydrogen-bond acceptors (Lipinski definition) is 4. The first-order valence-electron chi connectivity index (χ1n) is 8.58. The molecular formula is C19H24FN3OS. The number of amides is 1. The molecule has 1 fully saturated rings. The predicted molar refractivity (Wildman–Crippen MR) is 99.9 cm³/mol. The van der Waals surface area contributed by atoms with Crippen LogP contribution < -0.4 is 10.2 Å². The van der Waals surface area contributed by atoms with E-state index < -0.39 is 0 Å². The Balaban J connectivity index is 1.51. The quantitative estimate of drug-likeness (QED) is 0.900. The molecule has 1 atom stereocenters. The van der Waals surface area contributed by atoms with Gasteiger partial charge < -0.3 is 10.2 Å². The van der Waals surface area contributed by atoms with E-state index in [4.69, 9.17) is 0 Å². The third-order valence-corrected chi connectivity index (χ3v) is 5.82. The van der Waals surface area contributed by atoms with Crippen LogP contribution >= 0.6 is 11.3 Å². The first-order chi connectivity index (χ1) is 11.8. The Bertz CT molecular complexity index is 736. The van der Waals surface area contributed by atoms with Crippen LogP contribution in [0, 0.1) is 11.7 Å². The molecule has 1 aliphatic rings. The molecule has 134 valence electrons. The average Bonchev–Trinajstić information content (AvgIpc) is 3.22. The first kappa shape index (κ1) is 17.9. The summed E-state index contributed by atoms with van der Waals surface area (Å²) in [5, 5.41) is 4.00. The highest BCUT2D eigenvalue weighted by atomic mass is 32.1. The van der Waals surface area contributed by atoms with Crippen LogP contribution in [0.15, 0.2) is 30.5 Å². The monoisotopic (exact) mass is 361 g/mol. The van der Waals surface area contributed by atoms with Gasteiger partial charge in [-0.3, -0.25) is 4.79 Å². The number of anilines is 1. The second kappa shape index (κ2) is 7.12. The molecule has 1 unspecified atom stereocenters. The molecule has 4 nitrogen and oxygen atoms in total. The van der Waals surface area contributed by atoms with E-state index in [1.807, 2.05) is 12.1 Å². The average molecular weight is 361 g/mol. The van der Waals surface area contributed by atoms with Gasteiger partial charge in [-0.2, -0.15) is 0 Å². The lowest BCUT2D eigenvalue weighted by atomic mass is 9.98. The van der Waals surface area contributed by atoms with Gasteiger partial charge in [0.1, 0.15) is 10.7 Å². The molecule has 0 saturated carbocycles. The van der Waals surface area contributed by atoms with Gasteiger partial charge >= 0.3 is 0 Å². The van der Waals surface area contributed by atoms with Crippen LogP contribution in [0.1, 0.15) is 41.9 Å². The zero-order valence-electron chi connectivity index (χ0n) is 14.9. The molecule has 3 rings (SSSR count). The first-order valence-corrected chi connectivity index (χ1v) is 9.39. The summed E-state index contributed by atoms with van der Waals surface area (Å²) in [6, 6.07) is 6.59. The molecule has 0 aliphatic carbocycles. The van der Waals surface area contributed by atoms with Crippen LogP contribution in [0.5, 0.6) is 0 Å². The topological polar surface area (TPSA) is 45.2 Å². The zero-order chi connectivity index (χ0) is 18.0. The number of hydrogen-bond donors (Lipinski definition) is 1. The van der Waals surface area contributed by atoms with Crippen molar-refractivity contribution < 1.29 is 9.18 Å². The Hall–Kier alpha value is -1.95. The maximum absolute atomic E-state index is 13.0. The van der Waals surface area contributed by atoms with E-state index in [0.717, 1.165) is 30.2 Å². The number of nitrogens with one attached hydrogen (secondary N) is 1. The smallest absolute Gasteiger partial charge is 0.263 e. The summed E-state index contributed by atoms with van der Waals surface area (Å²) < 4.78 is 13.0. The predicted octanol–water partition coefficient (Wildman–Crippen LogP) is 3.84. The standard InChI is InChI=1S/C19H24FN3OS/c1-19(2,3)18-22-11-16(25-18)17(24)21-10-13-8-9-23(12-13)15-6-4-14(20)5-7-15/h4-7,11,13H,8-10,12H2,1-3H3,(H,21,24).